The summed E-state index contributed by atoms with van der Waals surface area (Å²) < 4.78 is 11.2. The Bertz CT molecular complexity index is 1340. The van der Waals surface area contributed by atoms with Gasteiger partial charge in [0.2, 0.25) is 5.69 Å². The quantitative estimate of drug-likeness (QED) is 0.284. The standard InChI is InChI=1S/C20H16N4O5S/c1-3-28-19(26)12-9-10(2)22-18-13(12)14(21)17(30-18)16(25)15-20(27)29-23-24(15)11-7-5-4-6-8-11/h4-9H,3H2,1-2H3,(H2-,21,23,25,27)/p+1. The number of benzene rings is 1. The Kier molecular flexibility index (Phi) is 4.92. The van der Waals surface area contributed by atoms with Crippen LogP contribution in [-0.4, -0.2) is 28.6 Å². The van der Waals surface area contributed by atoms with Gasteiger partial charge in [-0.1, -0.05) is 18.2 Å². The van der Waals surface area contributed by atoms with Crippen molar-refractivity contribution in [3.8, 4) is 5.69 Å². The lowest BCUT2D eigenvalue weighted by Gasteiger charge is -2.05. The molecule has 3 N–H and O–H groups in total. The maximum atomic E-state index is 13.3. The average molecular weight is 425 g/mol. The van der Waals surface area contributed by atoms with E-state index in [0.29, 0.717) is 21.6 Å². The minimum atomic E-state index is -0.838. The summed E-state index contributed by atoms with van der Waals surface area (Å²) >= 11 is 1.01. The van der Waals surface area contributed by atoms with Crippen molar-refractivity contribution >= 4 is 39.0 Å². The summed E-state index contributed by atoms with van der Waals surface area (Å²) in [6, 6.07) is 10.3. The summed E-state index contributed by atoms with van der Waals surface area (Å²) in [5, 5.41) is 2.76. The highest BCUT2D eigenvalue weighted by Gasteiger charge is 2.35. The maximum Gasteiger partial charge on any atom is 0.439 e. The van der Waals surface area contributed by atoms with Gasteiger partial charge in [-0.15, -0.1) is 11.3 Å². The van der Waals surface area contributed by atoms with Crippen molar-refractivity contribution in [2.24, 2.45) is 0 Å². The molecule has 0 aliphatic rings. The number of nitrogens with zero attached hydrogens (tertiary/aromatic N) is 2. The highest BCUT2D eigenvalue weighted by atomic mass is 32.1. The highest BCUT2D eigenvalue weighted by molar-refractivity contribution is 7.21. The number of carbonyl (C=O) groups excluding carboxylic acids is 2. The van der Waals surface area contributed by atoms with Crippen LogP contribution in [0.1, 0.15) is 38.3 Å². The van der Waals surface area contributed by atoms with E-state index in [0.717, 1.165) is 11.3 Å². The van der Waals surface area contributed by atoms with E-state index in [4.69, 9.17) is 15.0 Å². The van der Waals surface area contributed by atoms with Gasteiger partial charge < -0.3 is 10.5 Å². The zero-order chi connectivity index (χ0) is 21.4. The lowest BCUT2D eigenvalue weighted by atomic mass is 10.1. The molecule has 3 heterocycles. The van der Waals surface area contributed by atoms with Gasteiger partial charge in [0.25, 0.3) is 5.78 Å². The molecule has 0 radical (unpaired) electrons. The van der Waals surface area contributed by atoms with E-state index >= 15 is 0 Å². The molecule has 0 aliphatic heterocycles. The molecule has 0 saturated heterocycles. The normalized spacial score (nSPS) is 11.0. The average Bonchev–Trinajstić information content (AvgIpc) is 3.28. The number of ether oxygens (including phenoxy) is 1. The molecule has 4 aromatic rings. The molecule has 0 atom stereocenters. The molecular formula is C20H17N4O5S+. The van der Waals surface area contributed by atoms with Crippen molar-refractivity contribution in [3.05, 3.63) is 68.6 Å². The van der Waals surface area contributed by atoms with E-state index in [-0.39, 0.29) is 28.4 Å². The lowest BCUT2D eigenvalue weighted by molar-refractivity contribution is -0.672. The lowest BCUT2D eigenvalue weighted by Crippen LogP contribution is -2.41. The predicted octanol–water partition coefficient (Wildman–Crippen LogP) is 2.15. The van der Waals surface area contributed by atoms with Crippen molar-refractivity contribution in [1.29, 1.82) is 0 Å². The van der Waals surface area contributed by atoms with Crippen molar-refractivity contribution in [2.75, 3.05) is 12.3 Å². The van der Waals surface area contributed by atoms with Gasteiger partial charge >= 0.3 is 17.3 Å². The van der Waals surface area contributed by atoms with Gasteiger partial charge in [-0.3, -0.25) is 9.32 Å². The zero-order valence-electron chi connectivity index (χ0n) is 16.1. The zero-order valence-corrected chi connectivity index (χ0v) is 16.9. The fourth-order valence-electron chi connectivity index (χ4n) is 3.12. The van der Waals surface area contributed by atoms with Crippen molar-refractivity contribution < 1.29 is 23.5 Å². The second-order valence-electron chi connectivity index (χ2n) is 6.39. The first kappa shape index (κ1) is 19.5. The Hall–Kier alpha value is -3.79. The van der Waals surface area contributed by atoms with Crippen LogP contribution in [0.2, 0.25) is 0 Å². The van der Waals surface area contributed by atoms with E-state index in [2.05, 4.69) is 10.3 Å². The Labute approximate surface area is 173 Å². The first-order chi connectivity index (χ1) is 14.4. The Morgan fingerprint density at radius 2 is 2.03 bits per heavy atom. The number of aromatic nitrogens is 3. The van der Waals surface area contributed by atoms with Gasteiger partial charge in [0.1, 0.15) is 9.71 Å². The first-order valence-corrected chi connectivity index (χ1v) is 9.84. The number of hydrogen-bond donors (Lipinski definition) is 2. The number of H-pyrrole nitrogens is 1. The number of carbonyl (C=O) groups is 2. The number of nitrogens with one attached hydrogen (secondary N) is 1. The molecule has 0 saturated carbocycles. The fraction of sp³-hybridized carbons (Fsp3) is 0.150. The Balaban J connectivity index is 1.90. The summed E-state index contributed by atoms with van der Waals surface area (Å²) in [5.41, 5.74) is 6.58. The number of hydrogen-bond acceptors (Lipinski definition) is 8. The van der Waals surface area contributed by atoms with Crippen molar-refractivity contribution in [2.45, 2.75) is 13.8 Å². The minimum Gasteiger partial charge on any atom is -0.462 e. The van der Waals surface area contributed by atoms with E-state index in [1.165, 1.54) is 4.68 Å². The molecule has 0 spiro atoms. The minimum absolute atomic E-state index is 0.0655. The Morgan fingerprint density at radius 1 is 1.30 bits per heavy atom. The molecule has 0 amide bonds. The van der Waals surface area contributed by atoms with E-state index in [1.54, 1.807) is 50.2 Å². The number of aryl methyl sites for hydroxylation is 1. The molecule has 9 nitrogen and oxygen atoms in total. The smallest absolute Gasteiger partial charge is 0.439 e. The van der Waals surface area contributed by atoms with Crippen molar-refractivity contribution in [3.63, 3.8) is 0 Å². The molecule has 3 aromatic heterocycles. The molecule has 10 heteroatoms. The molecule has 30 heavy (non-hydrogen) atoms. The van der Waals surface area contributed by atoms with Crippen LogP contribution in [0, 0.1) is 6.92 Å². The number of ketones is 1. The highest BCUT2D eigenvalue weighted by Crippen LogP contribution is 2.36. The summed E-state index contributed by atoms with van der Waals surface area (Å²) in [6.07, 6.45) is 0. The first-order valence-electron chi connectivity index (χ1n) is 9.02. The second kappa shape index (κ2) is 7.56. The number of para-hydroxylation sites is 1. The summed E-state index contributed by atoms with van der Waals surface area (Å²) in [4.78, 5) is 42.9. The van der Waals surface area contributed by atoms with Crippen LogP contribution in [0.25, 0.3) is 15.9 Å². The van der Waals surface area contributed by atoms with Gasteiger partial charge in [0.15, 0.2) is 0 Å². The number of aromatic amines is 1. The number of nitrogen functional groups attached to an aromatic ring is 1. The van der Waals surface area contributed by atoms with Crippen molar-refractivity contribution in [1.82, 2.24) is 10.3 Å². The van der Waals surface area contributed by atoms with Crippen LogP contribution in [0.5, 0.6) is 0 Å². The summed E-state index contributed by atoms with van der Waals surface area (Å²) in [7, 11) is 0. The van der Waals surface area contributed by atoms with Gasteiger partial charge in [-0.05, 0) is 29.9 Å². The largest absolute Gasteiger partial charge is 0.462 e. The molecule has 0 fully saturated rings. The van der Waals surface area contributed by atoms with E-state index in [9.17, 15) is 14.4 Å². The number of nitrogens with two attached hydrogens (primary N) is 1. The molecular weight excluding hydrogens is 408 g/mol. The van der Waals surface area contributed by atoms with E-state index in [1.807, 2.05) is 0 Å². The number of anilines is 1. The van der Waals surface area contributed by atoms with Crippen LogP contribution in [-0.2, 0) is 4.74 Å². The number of rotatable bonds is 5. The second-order valence-corrected chi connectivity index (χ2v) is 7.39. The topological polar surface area (TPSA) is 132 Å². The molecule has 0 unspecified atom stereocenters. The monoisotopic (exact) mass is 425 g/mol. The summed E-state index contributed by atoms with van der Waals surface area (Å²) in [5.74, 6) is -1.20. The Morgan fingerprint density at radius 3 is 2.73 bits per heavy atom. The van der Waals surface area contributed by atoms with Gasteiger partial charge in [0, 0.05) is 23.2 Å². The van der Waals surface area contributed by atoms with Crippen LogP contribution < -0.4 is 16.0 Å². The third-order valence-corrected chi connectivity index (χ3v) is 5.50. The third kappa shape index (κ3) is 3.16. The van der Waals surface area contributed by atoms with Crippen LogP contribution in [0.4, 0.5) is 5.69 Å². The number of fused-ring (bicyclic) bond motifs is 1. The van der Waals surface area contributed by atoms with Crippen LogP contribution in [0.15, 0.2) is 45.7 Å². The number of pyridine rings is 1. The number of thiophene rings is 1. The molecule has 1 aromatic carbocycles. The molecule has 0 bridgehead atoms. The molecule has 0 aliphatic carbocycles. The van der Waals surface area contributed by atoms with Gasteiger partial charge in [0.05, 0.1) is 17.9 Å². The molecule has 4 rings (SSSR count). The fourth-order valence-corrected chi connectivity index (χ4v) is 4.22. The molecule has 152 valence electrons. The maximum absolute atomic E-state index is 13.3. The third-order valence-electron chi connectivity index (χ3n) is 4.40. The van der Waals surface area contributed by atoms with Gasteiger partial charge in [-0.2, -0.15) is 0 Å². The predicted molar refractivity (Wildman–Crippen MR) is 109 cm³/mol. The van der Waals surface area contributed by atoms with E-state index < -0.39 is 17.4 Å². The summed E-state index contributed by atoms with van der Waals surface area (Å²) in [6.45, 7) is 3.62. The van der Waals surface area contributed by atoms with Gasteiger partial charge in [-0.25, -0.2) is 14.6 Å². The number of esters is 1. The SMILES string of the molecule is CCOC(=O)c1cc(C)nc2sc(C(=O)c3c(=O)o[nH][n+]3-c3ccccc3)c(N)c12. The van der Waals surface area contributed by atoms with Crippen LogP contribution in [0.3, 0.4) is 0 Å². The van der Waals surface area contributed by atoms with Crippen LogP contribution >= 0.6 is 11.3 Å².